The van der Waals surface area contributed by atoms with Gasteiger partial charge in [-0.1, -0.05) is 11.8 Å². The molecule has 0 unspecified atom stereocenters. The summed E-state index contributed by atoms with van der Waals surface area (Å²) in [5.41, 5.74) is 5.62. The van der Waals surface area contributed by atoms with Crippen LogP contribution in [0.2, 0.25) is 0 Å². The minimum Gasteiger partial charge on any atom is -0.324 e. The molecule has 0 aliphatic rings. The van der Waals surface area contributed by atoms with E-state index < -0.39 is 0 Å². The van der Waals surface area contributed by atoms with Crippen LogP contribution in [0, 0.1) is 6.92 Å². The zero-order valence-corrected chi connectivity index (χ0v) is 11.6. The Labute approximate surface area is 110 Å². The smallest absolute Gasteiger partial charge is 0.191 e. The fraction of sp³-hybridized carbons (Fsp3) is 0.600. The van der Waals surface area contributed by atoms with Gasteiger partial charge in [0, 0.05) is 13.6 Å². The van der Waals surface area contributed by atoms with Crippen LogP contribution in [0.3, 0.4) is 0 Å². The van der Waals surface area contributed by atoms with Crippen LogP contribution in [-0.4, -0.2) is 29.5 Å². The predicted molar refractivity (Wildman–Crippen MR) is 68.9 cm³/mol. The maximum absolute atomic E-state index is 5.62. The quantitative estimate of drug-likeness (QED) is 0.793. The molecule has 98 valence electrons. The second kappa shape index (κ2) is 5.49. The van der Waals surface area contributed by atoms with Gasteiger partial charge in [-0.15, -0.1) is 20.4 Å². The molecule has 0 saturated heterocycles. The largest absolute Gasteiger partial charge is 0.324 e. The van der Waals surface area contributed by atoms with Crippen molar-refractivity contribution in [3.05, 3.63) is 17.5 Å². The summed E-state index contributed by atoms with van der Waals surface area (Å²) in [5, 5.41) is 17.2. The minimum atomic E-state index is 0.407. The number of nitrogens with zero attached hydrogens (tertiary/aromatic N) is 6. The highest BCUT2D eigenvalue weighted by Crippen LogP contribution is 2.20. The molecule has 0 aromatic carbocycles. The molecule has 0 radical (unpaired) electrons. The average molecular weight is 267 g/mol. The van der Waals surface area contributed by atoms with Crippen molar-refractivity contribution in [1.82, 2.24) is 29.5 Å². The minimum absolute atomic E-state index is 0.407. The number of hydrogen-bond donors (Lipinski definition) is 1. The van der Waals surface area contributed by atoms with E-state index >= 15 is 0 Å². The first-order valence-corrected chi connectivity index (χ1v) is 6.75. The fourth-order valence-electron chi connectivity index (χ4n) is 1.60. The normalized spacial score (nSPS) is 11.1. The van der Waals surface area contributed by atoms with E-state index in [-0.39, 0.29) is 0 Å². The SMILES string of the molecule is CCn1c(CN)nnc1SCc1nnc(C)n1C. The molecule has 7 nitrogen and oxygen atoms in total. The van der Waals surface area contributed by atoms with E-state index in [0.717, 1.165) is 34.9 Å². The molecule has 0 fully saturated rings. The fourth-order valence-corrected chi connectivity index (χ4v) is 2.60. The molecule has 18 heavy (non-hydrogen) atoms. The van der Waals surface area contributed by atoms with Gasteiger partial charge < -0.3 is 14.9 Å². The van der Waals surface area contributed by atoms with E-state index in [0.29, 0.717) is 6.54 Å². The molecule has 0 saturated carbocycles. The summed E-state index contributed by atoms with van der Waals surface area (Å²) in [6.45, 7) is 5.21. The monoisotopic (exact) mass is 267 g/mol. The Hall–Kier alpha value is -1.41. The van der Waals surface area contributed by atoms with E-state index in [1.165, 1.54) is 0 Å². The van der Waals surface area contributed by atoms with Crippen molar-refractivity contribution < 1.29 is 0 Å². The summed E-state index contributed by atoms with van der Waals surface area (Å²) in [5.74, 6) is 3.37. The van der Waals surface area contributed by atoms with E-state index in [2.05, 4.69) is 27.3 Å². The van der Waals surface area contributed by atoms with Gasteiger partial charge in [-0.2, -0.15) is 0 Å². The summed E-state index contributed by atoms with van der Waals surface area (Å²) in [7, 11) is 1.96. The number of aromatic nitrogens is 6. The average Bonchev–Trinajstić information content (AvgIpc) is 2.92. The third-order valence-corrected chi connectivity index (χ3v) is 3.77. The molecular weight excluding hydrogens is 250 g/mol. The van der Waals surface area contributed by atoms with Gasteiger partial charge in [-0.25, -0.2) is 0 Å². The van der Waals surface area contributed by atoms with Gasteiger partial charge in [0.1, 0.15) is 17.5 Å². The second-order valence-electron chi connectivity index (χ2n) is 3.86. The van der Waals surface area contributed by atoms with Crippen LogP contribution in [0.25, 0.3) is 0 Å². The predicted octanol–water partition coefficient (Wildman–Crippen LogP) is 0.486. The number of hydrogen-bond acceptors (Lipinski definition) is 6. The van der Waals surface area contributed by atoms with Crippen molar-refractivity contribution >= 4 is 11.8 Å². The highest BCUT2D eigenvalue weighted by molar-refractivity contribution is 7.98. The van der Waals surface area contributed by atoms with Crippen molar-refractivity contribution in [2.24, 2.45) is 12.8 Å². The number of rotatable bonds is 5. The highest BCUT2D eigenvalue weighted by atomic mass is 32.2. The van der Waals surface area contributed by atoms with Gasteiger partial charge in [0.25, 0.3) is 0 Å². The van der Waals surface area contributed by atoms with E-state index in [1.54, 1.807) is 11.8 Å². The lowest BCUT2D eigenvalue weighted by Gasteiger charge is -2.05. The summed E-state index contributed by atoms with van der Waals surface area (Å²) >= 11 is 1.60. The number of thioether (sulfide) groups is 1. The van der Waals surface area contributed by atoms with Crippen LogP contribution in [-0.2, 0) is 25.9 Å². The Balaban J connectivity index is 2.11. The third-order valence-electron chi connectivity index (χ3n) is 2.81. The topological polar surface area (TPSA) is 87.4 Å². The van der Waals surface area contributed by atoms with Gasteiger partial charge in [0.05, 0.1) is 12.3 Å². The summed E-state index contributed by atoms with van der Waals surface area (Å²) in [6, 6.07) is 0. The molecule has 0 atom stereocenters. The first-order valence-electron chi connectivity index (χ1n) is 5.77. The molecule has 8 heteroatoms. The Morgan fingerprint density at radius 1 is 1.17 bits per heavy atom. The first-order chi connectivity index (χ1) is 8.67. The van der Waals surface area contributed by atoms with Gasteiger partial charge in [-0.05, 0) is 13.8 Å². The van der Waals surface area contributed by atoms with Crippen molar-refractivity contribution in [3.8, 4) is 0 Å². The van der Waals surface area contributed by atoms with Gasteiger partial charge in [-0.3, -0.25) is 0 Å². The highest BCUT2D eigenvalue weighted by Gasteiger charge is 2.12. The Bertz CT molecular complexity index is 530. The maximum Gasteiger partial charge on any atom is 0.191 e. The van der Waals surface area contributed by atoms with Crippen molar-refractivity contribution in [2.45, 2.75) is 37.8 Å². The van der Waals surface area contributed by atoms with E-state index in [1.807, 2.05) is 23.1 Å². The summed E-state index contributed by atoms with van der Waals surface area (Å²) in [4.78, 5) is 0. The van der Waals surface area contributed by atoms with E-state index in [9.17, 15) is 0 Å². The van der Waals surface area contributed by atoms with Gasteiger partial charge >= 0.3 is 0 Å². The van der Waals surface area contributed by atoms with Crippen LogP contribution in [0.1, 0.15) is 24.4 Å². The molecule has 2 rings (SSSR count). The third kappa shape index (κ3) is 2.39. The van der Waals surface area contributed by atoms with Crippen molar-refractivity contribution in [3.63, 3.8) is 0 Å². The Morgan fingerprint density at radius 2 is 1.89 bits per heavy atom. The lowest BCUT2D eigenvalue weighted by atomic mass is 10.6. The molecule has 0 aliphatic carbocycles. The molecule has 0 aliphatic heterocycles. The number of nitrogens with two attached hydrogens (primary N) is 1. The van der Waals surface area contributed by atoms with Gasteiger partial charge in [0.15, 0.2) is 5.16 Å². The number of aryl methyl sites for hydroxylation is 1. The molecular formula is C10H17N7S. The summed E-state index contributed by atoms with van der Waals surface area (Å²) < 4.78 is 4.00. The molecule has 0 bridgehead atoms. The van der Waals surface area contributed by atoms with Crippen LogP contribution in [0.15, 0.2) is 5.16 Å². The Morgan fingerprint density at radius 3 is 2.44 bits per heavy atom. The summed E-state index contributed by atoms with van der Waals surface area (Å²) in [6.07, 6.45) is 0. The molecule has 0 amide bonds. The maximum atomic E-state index is 5.62. The van der Waals surface area contributed by atoms with Crippen LogP contribution < -0.4 is 5.73 Å². The van der Waals surface area contributed by atoms with Crippen LogP contribution in [0.4, 0.5) is 0 Å². The molecule has 2 aromatic rings. The molecule has 2 N–H and O–H groups in total. The molecule has 2 aromatic heterocycles. The Kier molecular flexibility index (Phi) is 3.97. The van der Waals surface area contributed by atoms with E-state index in [4.69, 9.17) is 5.73 Å². The molecule has 2 heterocycles. The lowest BCUT2D eigenvalue weighted by Crippen LogP contribution is -2.08. The lowest BCUT2D eigenvalue weighted by molar-refractivity contribution is 0.642. The van der Waals surface area contributed by atoms with Crippen LogP contribution >= 0.6 is 11.8 Å². The zero-order chi connectivity index (χ0) is 13.1. The zero-order valence-electron chi connectivity index (χ0n) is 10.8. The standard InChI is InChI=1S/C10H17N7S/c1-4-17-8(5-11)13-15-10(17)18-6-9-14-12-7(2)16(9)3/h4-6,11H2,1-3H3. The van der Waals surface area contributed by atoms with Crippen molar-refractivity contribution in [2.75, 3.05) is 0 Å². The van der Waals surface area contributed by atoms with Gasteiger partial charge in [0.2, 0.25) is 0 Å². The van der Waals surface area contributed by atoms with Crippen LogP contribution in [0.5, 0.6) is 0 Å². The second-order valence-corrected chi connectivity index (χ2v) is 4.80. The first kappa shape index (κ1) is 13.0. The molecule has 0 spiro atoms. The van der Waals surface area contributed by atoms with Crippen molar-refractivity contribution in [1.29, 1.82) is 0 Å².